The highest BCUT2D eigenvalue weighted by Gasteiger charge is 2.77. The first kappa shape index (κ1) is 19.3. The van der Waals surface area contributed by atoms with E-state index in [0.29, 0.717) is 45.3 Å². The molecular weight excluding hydrogens is 334 g/mol. The molecule has 2 amide bonds. The summed E-state index contributed by atoms with van der Waals surface area (Å²) in [5.41, 5.74) is 9.43. The van der Waals surface area contributed by atoms with Gasteiger partial charge in [-0.1, -0.05) is 0 Å². The third kappa shape index (κ3) is 2.66. The molecule has 138 valence electrons. The largest absolute Gasteiger partial charge is 0.444 e. The number of hydrogen-bond acceptors (Lipinski definition) is 5. The summed E-state index contributed by atoms with van der Waals surface area (Å²) in [6.45, 7) is 6.95. The molecule has 1 saturated carbocycles. The van der Waals surface area contributed by atoms with E-state index in [1.165, 1.54) is 0 Å². The molecule has 2 bridgehead atoms. The van der Waals surface area contributed by atoms with Crippen molar-refractivity contribution >= 4 is 24.4 Å². The maximum atomic E-state index is 12.2. The number of halogens is 1. The number of hydrogen-bond donors (Lipinski definition) is 2. The van der Waals surface area contributed by atoms with Crippen molar-refractivity contribution in [2.24, 2.45) is 16.9 Å². The van der Waals surface area contributed by atoms with Crippen LogP contribution >= 0.6 is 12.4 Å². The number of rotatable bonds is 2. The van der Waals surface area contributed by atoms with Crippen molar-refractivity contribution in [3.63, 3.8) is 0 Å². The van der Waals surface area contributed by atoms with Crippen LogP contribution in [-0.2, 0) is 14.3 Å². The average molecular weight is 362 g/mol. The molecule has 24 heavy (non-hydrogen) atoms. The number of primary amides is 1. The monoisotopic (exact) mass is 361 g/mol. The number of carbonyl (C=O) groups excluding carboxylic acids is 2. The van der Waals surface area contributed by atoms with Crippen molar-refractivity contribution in [1.82, 2.24) is 4.90 Å². The van der Waals surface area contributed by atoms with E-state index in [9.17, 15) is 9.59 Å². The Morgan fingerprint density at radius 2 is 1.75 bits per heavy atom. The molecule has 0 atom stereocenters. The van der Waals surface area contributed by atoms with Gasteiger partial charge in [0.1, 0.15) is 5.60 Å². The van der Waals surface area contributed by atoms with Gasteiger partial charge in [-0.05, 0) is 46.5 Å². The summed E-state index contributed by atoms with van der Waals surface area (Å²) in [5.74, 6) is -0.301. The summed E-state index contributed by atoms with van der Waals surface area (Å²) in [6, 6.07) is 0. The molecule has 4 aliphatic rings. The fraction of sp³-hybridized carbons (Fsp3) is 0.875. The van der Waals surface area contributed by atoms with Crippen molar-refractivity contribution in [2.75, 3.05) is 19.6 Å². The van der Waals surface area contributed by atoms with Gasteiger partial charge in [0.15, 0.2) is 0 Å². The van der Waals surface area contributed by atoms with E-state index in [4.69, 9.17) is 20.9 Å². The predicted octanol–water partition coefficient (Wildman–Crippen LogP) is 1.17. The van der Waals surface area contributed by atoms with E-state index >= 15 is 0 Å². The number of amides is 2. The molecule has 0 aromatic carbocycles. The maximum Gasteiger partial charge on any atom is 0.410 e. The highest BCUT2D eigenvalue weighted by molar-refractivity contribution is 5.85. The first-order chi connectivity index (χ1) is 10.6. The second-order valence-corrected chi connectivity index (χ2v) is 8.25. The van der Waals surface area contributed by atoms with Gasteiger partial charge in [-0.3, -0.25) is 4.79 Å². The van der Waals surface area contributed by atoms with Crippen LogP contribution in [0.4, 0.5) is 4.79 Å². The van der Waals surface area contributed by atoms with Gasteiger partial charge in [-0.2, -0.15) is 0 Å². The number of ether oxygens (including phenoxy) is 2. The summed E-state index contributed by atoms with van der Waals surface area (Å²) < 4.78 is 11.7. The Morgan fingerprint density at radius 1 is 1.21 bits per heavy atom. The molecule has 3 heterocycles. The zero-order valence-electron chi connectivity index (χ0n) is 14.6. The Labute approximate surface area is 148 Å². The molecule has 0 radical (unpaired) electrons. The van der Waals surface area contributed by atoms with Crippen LogP contribution in [0.2, 0.25) is 0 Å². The normalized spacial score (nSPS) is 33.6. The van der Waals surface area contributed by atoms with Gasteiger partial charge in [-0.25, -0.2) is 4.79 Å². The molecule has 4 rings (SSSR count). The van der Waals surface area contributed by atoms with Gasteiger partial charge in [-0.15, -0.1) is 12.4 Å². The van der Waals surface area contributed by atoms with Gasteiger partial charge in [0, 0.05) is 19.6 Å². The van der Waals surface area contributed by atoms with Gasteiger partial charge in [0.05, 0.1) is 16.6 Å². The van der Waals surface area contributed by atoms with Crippen LogP contribution in [0.5, 0.6) is 0 Å². The Hall–Kier alpha value is -1.05. The van der Waals surface area contributed by atoms with E-state index in [-0.39, 0.29) is 24.4 Å². The second-order valence-electron chi connectivity index (χ2n) is 8.25. The van der Waals surface area contributed by atoms with Crippen LogP contribution in [0.25, 0.3) is 0 Å². The molecular formula is C16H28ClN3O4. The van der Waals surface area contributed by atoms with Crippen LogP contribution < -0.4 is 11.5 Å². The van der Waals surface area contributed by atoms with Gasteiger partial charge >= 0.3 is 6.09 Å². The van der Waals surface area contributed by atoms with Crippen LogP contribution in [0, 0.1) is 5.41 Å². The van der Waals surface area contributed by atoms with Crippen molar-refractivity contribution in [1.29, 1.82) is 0 Å². The van der Waals surface area contributed by atoms with E-state index in [1.54, 1.807) is 4.90 Å². The highest BCUT2D eigenvalue weighted by atomic mass is 35.5. The molecule has 0 aromatic rings. The first-order valence-electron chi connectivity index (χ1n) is 8.25. The summed E-state index contributed by atoms with van der Waals surface area (Å²) in [4.78, 5) is 26.0. The lowest BCUT2D eigenvalue weighted by Gasteiger charge is -2.48. The minimum Gasteiger partial charge on any atom is -0.444 e. The minimum absolute atomic E-state index is 0. The smallest absolute Gasteiger partial charge is 0.410 e. The lowest BCUT2D eigenvalue weighted by Crippen LogP contribution is -2.61. The van der Waals surface area contributed by atoms with Crippen molar-refractivity contribution in [3.05, 3.63) is 0 Å². The topological polar surface area (TPSA) is 108 Å². The Bertz CT molecular complexity index is 532. The molecule has 3 saturated heterocycles. The zero-order chi connectivity index (χ0) is 17.1. The molecule has 0 aromatic heterocycles. The fourth-order valence-corrected chi connectivity index (χ4v) is 4.50. The second kappa shape index (κ2) is 5.75. The average Bonchev–Trinajstić information content (AvgIpc) is 2.82. The first-order valence-corrected chi connectivity index (χ1v) is 8.25. The zero-order valence-corrected chi connectivity index (χ0v) is 15.4. The summed E-state index contributed by atoms with van der Waals surface area (Å²) in [6.07, 6.45) is 2.09. The quantitative estimate of drug-likeness (QED) is 0.767. The number of carbonyl (C=O) groups is 2. The molecule has 3 aliphatic heterocycles. The van der Waals surface area contributed by atoms with Crippen molar-refractivity contribution < 1.29 is 19.1 Å². The third-order valence-corrected chi connectivity index (χ3v) is 5.60. The Morgan fingerprint density at radius 3 is 2.17 bits per heavy atom. The molecule has 7 nitrogen and oxygen atoms in total. The minimum atomic E-state index is -0.619. The highest BCUT2D eigenvalue weighted by Crippen LogP contribution is 2.68. The summed E-state index contributed by atoms with van der Waals surface area (Å²) in [7, 11) is 0. The number of piperidine rings is 1. The Kier molecular flexibility index (Phi) is 4.61. The van der Waals surface area contributed by atoms with Crippen molar-refractivity contribution in [2.45, 2.75) is 63.3 Å². The van der Waals surface area contributed by atoms with Crippen molar-refractivity contribution in [3.8, 4) is 0 Å². The lowest BCUT2D eigenvalue weighted by molar-refractivity contribution is -0.138. The molecule has 4 fully saturated rings. The van der Waals surface area contributed by atoms with E-state index < -0.39 is 22.2 Å². The molecule has 8 heteroatoms. The van der Waals surface area contributed by atoms with E-state index in [2.05, 4.69) is 0 Å². The predicted molar refractivity (Wildman–Crippen MR) is 90.8 cm³/mol. The molecule has 0 unspecified atom stereocenters. The SMILES string of the molecule is CC(C)(C)OC(=O)N1CCC2(CC1)OC1(CN)CC2(C(N)=O)C1.Cl. The molecule has 4 N–H and O–H groups in total. The van der Waals surface area contributed by atoms with E-state index in [1.807, 2.05) is 20.8 Å². The van der Waals surface area contributed by atoms with Crippen LogP contribution in [-0.4, -0.2) is 53.3 Å². The number of nitrogens with zero attached hydrogens (tertiary/aromatic N) is 1. The summed E-state index contributed by atoms with van der Waals surface area (Å²) >= 11 is 0. The lowest BCUT2D eigenvalue weighted by atomic mass is 9.53. The van der Waals surface area contributed by atoms with Crippen LogP contribution in [0.3, 0.4) is 0 Å². The molecule has 1 aliphatic carbocycles. The van der Waals surface area contributed by atoms with E-state index in [0.717, 1.165) is 0 Å². The van der Waals surface area contributed by atoms with Gasteiger partial charge in [0.2, 0.25) is 5.91 Å². The number of likely N-dealkylation sites (tertiary alicyclic amines) is 1. The molecule has 1 spiro atoms. The van der Waals surface area contributed by atoms with Gasteiger partial charge in [0.25, 0.3) is 0 Å². The Balaban J connectivity index is 0.00000208. The standard InChI is InChI=1S/C16H27N3O4.ClH/c1-13(2,3)22-12(21)19-6-4-16(5-7-19)15(11(18)20)8-14(9-15,10-17)23-16;/h4-10,17H2,1-3H3,(H2,18,20);1H. The fourth-order valence-electron chi connectivity index (χ4n) is 4.50. The number of nitrogens with two attached hydrogens (primary N) is 2. The maximum absolute atomic E-state index is 12.2. The summed E-state index contributed by atoms with van der Waals surface area (Å²) in [5, 5.41) is 0. The van der Waals surface area contributed by atoms with Gasteiger partial charge < -0.3 is 25.8 Å². The third-order valence-electron chi connectivity index (χ3n) is 5.60. The van der Waals surface area contributed by atoms with Crippen LogP contribution in [0.15, 0.2) is 0 Å². The van der Waals surface area contributed by atoms with Crippen LogP contribution in [0.1, 0.15) is 46.5 Å².